The van der Waals surface area contributed by atoms with E-state index in [-0.39, 0.29) is 33.3 Å². The van der Waals surface area contributed by atoms with E-state index in [2.05, 4.69) is 4.98 Å². The first kappa shape index (κ1) is 16.9. The summed E-state index contributed by atoms with van der Waals surface area (Å²) in [4.78, 5) is 15.9. The first-order valence-corrected chi connectivity index (χ1v) is 7.19. The summed E-state index contributed by atoms with van der Waals surface area (Å²) in [6.45, 7) is 1.44. The second-order valence-corrected chi connectivity index (χ2v) is 5.51. The number of carboxylic acids is 1. The molecule has 3 rings (SSSR count). The van der Waals surface area contributed by atoms with Crippen LogP contribution in [0.15, 0.2) is 42.5 Å². The standard InChI is InChI=1S/C18H11F4NO2/c1-9-15(17(24)25)13-8-12(19)5-6-14(13)23-16(9)10-3-2-4-11(7-10)18(20,21)22/h2-8H,1H3,(H,24,25). The largest absolute Gasteiger partial charge is 0.478 e. The molecule has 1 heterocycles. The van der Waals surface area contributed by atoms with Gasteiger partial charge in [0.15, 0.2) is 0 Å². The van der Waals surface area contributed by atoms with Crippen molar-refractivity contribution in [1.82, 2.24) is 4.98 Å². The number of pyridine rings is 1. The molecule has 3 nitrogen and oxygen atoms in total. The molecule has 0 spiro atoms. The number of benzene rings is 2. The Kier molecular flexibility index (Phi) is 3.94. The average Bonchev–Trinajstić information content (AvgIpc) is 2.53. The van der Waals surface area contributed by atoms with Gasteiger partial charge in [0, 0.05) is 10.9 Å². The van der Waals surface area contributed by atoms with E-state index < -0.39 is 23.5 Å². The molecule has 0 atom stereocenters. The molecule has 0 bridgehead atoms. The zero-order chi connectivity index (χ0) is 18.4. The summed E-state index contributed by atoms with van der Waals surface area (Å²) in [5.41, 5.74) is -0.426. The molecule has 0 saturated heterocycles. The van der Waals surface area contributed by atoms with E-state index in [1.54, 1.807) is 0 Å². The van der Waals surface area contributed by atoms with Gasteiger partial charge >= 0.3 is 12.1 Å². The lowest BCUT2D eigenvalue weighted by Crippen LogP contribution is -2.07. The fourth-order valence-electron chi connectivity index (χ4n) is 2.73. The average molecular weight is 349 g/mol. The van der Waals surface area contributed by atoms with Gasteiger partial charge in [0.2, 0.25) is 0 Å². The van der Waals surface area contributed by atoms with Crippen molar-refractivity contribution in [2.75, 3.05) is 0 Å². The summed E-state index contributed by atoms with van der Waals surface area (Å²) in [5.74, 6) is -1.92. The highest BCUT2D eigenvalue weighted by molar-refractivity contribution is 6.05. The van der Waals surface area contributed by atoms with Crippen molar-refractivity contribution in [3.05, 3.63) is 65.0 Å². The van der Waals surface area contributed by atoms with Gasteiger partial charge in [0.25, 0.3) is 0 Å². The molecule has 0 amide bonds. The highest BCUT2D eigenvalue weighted by Crippen LogP contribution is 2.34. The predicted molar refractivity (Wildman–Crippen MR) is 83.8 cm³/mol. The van der Waals surface area contributed by atoms with E-state index in [0.717, 1.165) is 24.3 Å². The van der Waals surface area contributed by atoms with Crippen molar-refractivity contribution in [2.24, 2.45) is 0 Å². The van der Waals surface area contributed by atoms with Gasteiger partial charge in [-0.3, -0.25) is 0 Å². The van der Waals surface area contributed by atoms with E-state index in [9.17, 15) is 27.5 Å². The first-order valence-electron chi connectivity index (χ1n) is 7.19. The zero-order valence-electron chi connectivity index (χ0n) is 12.9. The maximum Gasteiger partial charge on any atom is 0.416 e. The van der Waals surface area contributed by atoms with Crippen molar-refractivity contribution in [3.63, 3.8) is 0 Å². The highest BCUT2D eigenvalue weighted by Gasteiger charge is 2.31. The summed E-state index contributed by atoms with van der Waals surface area (Å²) in [6, 6.07) is 7.96. The maximum absolute atomic E-state index is 13.5. The van der Waals surface area contributed by atoms with E-state index in [4.69, 9.17) is 0 Å². The van der Waals surface area contributed by atoms with Crippen LogP contribution in [0.2, 0.25) is 0 Å². The maximum atomic E-state index is 13.5. The van der Waals surface area contributed by atoms with Gasteiger partial charge in [-0.2, -0.15) is 13.2 Å². The molecular weight excluding hydrogens is 338 g/mol. The third-order valence-corrected chi connectivity index (χ3v) is 3.87. The summed E-state index contributed by atoms with van der Waals surface area (Å²) in [7, 11) is 0. The van der Waals surface area contributed by atoms with Crippen LogP contribution in [0.4, 0.5) is 17.6 Å². The third-order valence-electron chi connectivity index (χ3n) is 3.87. The fraction of sp³-hybridized carbons (Fsp3) is 0.111. The first-order chi connectivity index (χ1) is 11.7. The van der Waals surface area contributed by atoms with Gasteiger partial charge in [-0.15, -0.1) is 0 Å². The van der Waals surface area contributed by atoms with Gasteiger partial charge in [-0.1, -0.05) is 12.1 Å². The summed E-state index contributed by atoms with van der Waals surface area (Å²) >= 11 is 0. The Bertz CT molecular complexity index is 996. The van der Waals surface area contributed by atoms with Gasteiger partial charge in [0.1, 0.15) is 5.82 Å². The molecule has 1 aromatic heterocycles. The van der Waals surface area contributed by atoms with Gasteiger partial charge in [-0.05, 0) is 42.8 Å². The molecule has 1 N–H and O–H groups in total. The summed E-state index contributed by atoms with van der Waals surface area (Å²) in [5, 5.41) is 9.58. The Hall–Kier alpha value is -2.96. The number of nitrogens with zero attached hydrogens (tertiary/aromatic N) is 1. The van der Waals surface area contributed by atoms with Crippen molar-refractivity contribution < 1.29 is 27.5 Å². The number of halogens is 4. The molecule has 7 heteroatoms. The lowest BCUT2D eigenvalue weighted by Gasteiger charge is -2.13. The number of hydrogen-bond acceptors (Lipinski definition) is 2. The van der Waals surface area contributed by atoms with Gasteiger partial charge in [-0.25, -0.2) is 14.2 Å². The SMILES string of the molecule is Cc1c(-c2cccc(C(F)(F)F)c2)nc2ccc(F)cc2c1C(=O)O. The number of aromatic nitrogens is 1. The molecule has 0 saturated carbocycles. The topological polar surface area (TPSA) is 50.2 Å². The number of fused-ring (bicyclic) bond motifs is 1. The van der Waals surface area contributed by atoms with Crippen LogP contribution in [0.3, 0.4) is 0 Å². The monoisotopic (exact) mass is 349 g/mol. The van der Waals surface area contributed by atoms with E-state index >= 15 is 0 Å². The number of hydrogen-bond donors (Lipinski definition) is 1. The van der Waals surface area contributed by atoms with E-state index in [1.165, 1.54) is 25.1 Å². The minimum absolute atomic E-state index is 0.0979. The number of carbonyl (C=O) groups is 1. The number of rotatable bonds is 2. The fourth-order valence-corrected chi connectivity index (χ4v) is 2.73. The number of aromatic carboxylic acids is 1. The molecule has 0 unspecified atom stereocenters. The smallest absolute Gasteiger partial charge is 0.416 e. The molecular formula is C18H11F4NO2. The molecule has 2 aromatic carbocycles. The van der Waals surface area contributed by atoms with Crippen LogP contribution in [-0.2, 0) is 6.18 Å². The van der Waals surface area contributed by atoms with Gasteiger partial charge in [0.05, 0.1) is 22.3 Å². The van der Waals surface area contributed by atoms with Crippen molar-refractivity contribution in [3.8, 4) is 11.3 Å². The summed E-state index contributed by atoms with van der Waals surface area (Å²) in [6.07, 6.45) is -4.53. The molecule has 0 aliphatic rings. The van der Waals surface area contributed by atoms with Crippen LogP contribution in [0.5, 0.6) is 0 Å². The Balaban J connectivity index is 2.33. The van der Waals surface area contributed by atoms with Crippen molar-refractivity contribution >= 4 is 16.9 Å². The van der Waals surface area contributed by atoms with Gasteiger partial charge < -0.3 is 5.11 Å². The number of carboxylic acid groups (broad SMARTS) is 1. The molecule has 0 fully saturated rings. The molecule has 3 aromatic rings. The second kappa shape index (κ2) is 5.84. The minimum atomic E-state index is -4.53. The summed E-state index contributed by atoms with van der Waals surface area (Å²) < 4.78 is 52.3. The van der Waals surface area contributed by atoms with Crippen molar-refractivity contribution in [2.45, 2.75) is 13.1 Å². The van der Waals surface area contributed by atoms with Crippen LogP contribution >= 0.6 is 0 Å². The van der Waals surface area contributed by atoms with E-state index in [0.29, 0.717) is 0 Å². The van der Waals surface area contributed by atoms with Crippen LogP contribution in [0.1, 0.15) is 21.5 Å². The normalized spacial score (nSPS) is 11.7. The minimum Gasteiger partial charge on any atom is -0.478 e. The van der Waals surface area contributed by atoms with Crippen LogP contribution in [0, 0.1) is 12.7 Å². The van der Waals surface area contributed by atoms with Crippen LogP contribution in [-0.4, -0.2) is 16.1 Å². The Morgan fingerprint density at radius 1 is 1.12 bits per heavy atom. The Morgan fingerprint density at radius 2 is 1.84 bits per heavy atom. The van der Waals surface area contributed by atoms with E-state index in [1.807, 2.05) is 0 Å². The predicted octanol–water partition coefficient (Wildman–Crippen LogP) is 5.07. The third kappa shape index (κ3) is 3.05. The quantitative estimate of drug-likeness (QED) is 0.658. The molecule has 25 heavy (non-hydrogen) atoms. The Labute approximate surface area is 139 Å². The molecule has 128 valence electrons. The lowest BCUT2D eigenvalue weighted by molar-refractivity contribution is -0.137. The highest BCUT2D eigenvalue weighted by atomic mass is 19.4. The molecule has 0 aliphatic carbocycles. The zero-order valence-corrected chi connectivity index (χ0v) is 12.9. The van der Waals surface area contributed by atoms with Crippen LogP contribution in [0.25, 0.3) is 22.2 Å². The Morgan fingerprint density at radius 3 is 2.48 bits per heavy atom. The lowest BCUT2D eigenvalue weighted by atomic mass is 9.97. The number of alkyl halides is 3. The van der Waals surface area contributed by atoms with Crippen LogP contribution < -0.4 is 0 Å². The molecule has 0 radical (unpaired) electrons. The second-order valence-electron chi connectivity index (χ2n) is 5.51. The van der Waals surface area contributed by atoms with Crippen molar-refractivity contribution in [1.29, 1.82) is 0 Å². The molecule has 0 aliphatic heterocycles.